The van der Waals surface area contributed by atoms with Crippen molar-refractivity contribution in [3.63, 3.8) is 0 Å². The van der Waals surface area contributed by atoms with E-state index in [-0.39, 0.29) is 11.7 Å². The van der Waals surface area contributed by atoms with E-state index in [1.807, 2.05) is 0 Å². The molecule has 3 unspecified atom stereocenters. The Hall–Kier alpha value is -1.38. The molecule has 2 rings (SSSR count). The van der Waals surface area contributed by atoms with Crippen LogP contribution in [0.2, 0.25) is 0 Å². The van der Waals surface area contributed by atoms with Gasteiger partial charge >= 0.3 is 0 Å². The maximum atomic E-state index is 12.3. The predicted octanol–water partition coefficient (Wildman–Crippen LogP) is 2.92. The van der Waals surface area contributed by atoms with E-state index in [4.69, 9.17) is 5.73 Å². The lowest BCUT2D eigenvalue weighted by molar-refractivity contribution is 0.0833. The summed E-state index contributed by atoms with van der Waals surface area (Å²) in [6.07, 6.45) is 4.71. The van der Waals surface area contributed by atoms with Crippen molar-refractivity contribution >= 4 is 11.5 Å². The van der Waals surface area contributed by atoms with E-state index in [1.54, 1.807) is 18.3 Å². The van der Waals surface area contributed by atoms with Crippen LogP contribution in [0.4, 0.5) is 5.69 Å². The van der Waals surface area contributed by atoms with Gasteiger partial charge in [-0.1, -0.05) is 13.8 Å². The van der Waals surface area contributed by atoms with E-state index in [1.165, 1.54) is 0 Å². The minimum absolute atomic E-state index is 0.110. The lowest BCUT2D eigenvalue weighted by Gasteiger charge is -2.31. The molecule has 1 aliphatic carbocycles. The second kappa shape index (κ2) is 4.86. The smallest absolute Gasteiger partial charge is 0.186 e. The van der Waals surface area contributed by atoms with Crippen LogP contribution < -0.4 is 5.73 Å². The summed E-state index contributed by atoms with van der Waals surface area (Å²) in [7, 11) is 0. The minimum atomic E-state index is 0.110. The highest BCUT2D eigenvalue weighted by molar-refractivity contribution is 6.00. The maximum Gasteiger partial charge on any atom is 0.186 e. The molecule has 1 saturated carbocycles. The fourth-order valence-corrected chi connectivity index (χ4v) is 2.60. The van der Waals surface area contributed by atoms with Crippen molar-refractivity contribution in [1.82, 2.24) is 4.98 Å². The molecule has 2 N–H and O–H groups in total. The number of nitrogens with two attached hydrogens (primary N) is 1. The van der Waals surface area contributed by atoms with Gasteiger partial charge in [0.1, 0.15) is 5.69 Å². The molecule has 0 aromatic carbocycles. The molecule has 1 heterocycles. The van der Waals surface area contributed by atoms with Gasteiger partial charge in [-0.25, -0.2) is 0 Å². The van der Waals surface area contributed by atoms with E-state index in [0.717, 1.165) is 25.2 Å². The monoisotopic (exact) mass is 232 g/mol. The first-order valence-corrected chi connectivity index (χ1v) is 6.34. The van der Waals surface area contributed by atoms with Gasteiger partial charge < -0.3 is 5.73 Å². The Kier molecular flexibility index (Phi) is 3.46. The number of aromatic nitrogens is 1. The zero-order valence-electron chi connectivity index (χ0n) is 10.5. The van der Waals surface area contributed by atoms with Gasteiger partial charge in [0.2, 0.25) is 0 Å². The number of hydrogen-bond donors (Lipinski definition) is 1. The summed E-state index contributed by atoms with van der Waals surface area (Å²) in [5.74, 6) is 1.57. The van der Waals surface area contributed by atoms with Gasteiger partial charge in [0.25, 0.3) is 0 Å². The third-order valence-corrected chi connectivity index (χ3v) is 4.04. The first kappa shape index (κ1) is 12.1. The molecule has 92 valence electrons. The predicted molar refractivity (Wildman–Crippen MR) is 68.6 cm³/mol. The fourth-order valence-electron chi connectivity index (χ4n) is 2.60. The molecule has 0 spiro atoms. The summed E-state index contributed by atoms with van der Waals surface area (Å²) < 4.78 is 0. The molecular formula is C14H20N2O. The summed E-state index contributed by atoms with van der Waals surface area (Å²) in [4.78, 5) is 16.5. The van der Waals surface area contributed by atoms with Crippen LogP contribution in [0.3, 0.4) is 0 Å². The first-order valence-electron chi connectivity index (χ1n) is 6.34. The Morgan fingerprint density at radius 1 is 1.35 bits per heavy atom. The van der Waals surface area contributed by atoms with Crippen LogP contribution in [0, 0.1) is 17.8 Å². The minimum Gasteiger partial charge on any atom is -0.397 e. The van der Waals surface area contributed by atoms with Crippen molar-refractivity contribution in [2.45, 2.75) is 33.1 Å². The molecule has 3 nitrogen and oxygen atoms in total. The number of Topliss-reactive ketones (excluding diaryl/α,β-unsaturated/α-hetero) is 1. The molecular weight excluding hydrogens is 212 g/mol. The first-order chi connectivity index (χ1) is 8.09. The van der Waals surface area contributed by atoms with Gasteiger partial charge in [0, 0.05) is 12.1 Å². The summed E-state index contributed by atoms with van der Waals surface area (Å²) >= 11 is 0. The summed E-state index contributed by atoms with van der Waals surface area (Å²) in [6, 6.07) is 3.51. The second-order valence-corrected chi connectivity index (χ2v) is 5.27. The summed E-state index contributed by atoms with van der Waals surface area (Å²) in [5.41, 5.74) is 6.77. The molecule has 1 aliphatic rings. The Balaban J connectivity index is 2.14. The van der Waals surface area contributed by atoms with Crippen molar-refractivity contribution in [3.8, 4) is 0 Å². The second-order valence-electron chi connectivity index (χ2n) is 5.27. The van der Waals surface area contributed by atoms with Crippen LogP contribution in [0.5, 0.6) is 0 Å². The Morgan fingerprint density at radius 3 is 2.76 bits per heavy atom. The van der Waals surface area contributed by atoms with Crippen molar-refractivity contribution < 1.29 is 4.79 Å². The number of carbonyl (C=O) groups is 1. The maximum absolute atomic E-state index is 12.3. The molecule has 3 atom stereocenters. The van der Waals surface area contributed by atoms with Crippen LogP contribution in [0.25, 0.3) is 0 Å². The zero-order valence-corrected chi connectivity index (χ0v) is 10.5. The lowest BCUT2D eigenvalue weighted by Crippen LogP contribution is -2.27. The van der Waals surface area contributed by atoms with Crippen LogP contribution in [0.15, 0.2) is 18.3 Å². The third-order valence-electron chi connectivity index (χ3n) is 4.04. The van der Waals surface area contributed by atoms with Gasteiger partial charge in [-0.05, 0) is 43.2 Å². The van der Waals surface area contributed by atoms with Gasteiger partial charge in [-0.3, -0.25) is 9.78 Å². The van der Waals surface area contributed by atoms with Gasteiger partial charge in [0.15, 0.2) is 5.78 Å². The van der Waals surface area contributed by atoms with Crippen molar-refractivity contribution in [2.75, 3.05) is 5.73 Å². The standard InChI is InChI=1S/C14H20N2O/c1-9-5-6-11(8-10(9)2)14(17)13-12(15)4-3-7-16-13/h3-4,7,9-11H,5-6,8,15H2,1-2H3. The largest absolute Gasteiger partial charge is 0.397 e. The highest BCUT2D eigenvalue weighted by atomic mass is 16.1. The van der Waals surface area contributed by atoms with Crippen molar-refractivity contribution in [1.29, 1.82) is 0 Å². The van der Waals surface area contributed by atoms with Crippen LogP contribution in [-0.2, 0) is 0 Å². The number of pyridine rings is 1. The number of carbonyl (C=O) groups excluding carboxylic acids is 1. The number of nitrogen functional groups attached to an aromatic ring is 1. The van der Waals surface area contributed by atoms with Gasteiger partial charge in [-0.15, -0.1) is 0 Å². The average Bonchev–Trinajstić information content (AvgIpc) is 2.32. The van der Waals surface area contributed by atoms with Gasteiger partial charge in [0.05, 0.1) is 5.69 Å². The third kappa shape index (κ3) is 2.48. The number of anilines is 1. The zero-order chi connectivity index (χ0) is 12.4. The number of rotatable bonds is 2. The molecule has 0 saturated heterocycles. The SMILES string of the molecule is CC1CCC(C(=O)c2ncccc2N)CC1C. The fraction of sp³-hybridized carbons (Fsp3) is 0.571. The van der Waals surface area contributed by atoms with Crippen LogP contribution >= 0.6 is 0 Å². The number of ketones is 1. The van der Waals surface area contributed by atoms with E-state index in [0.29, 0.717) is 17.3 Å². The normalized spacial score (nSPS) is 28.9. The molecule has 3 heteroatoms. The van der Waals surface area contributed by atoms with Crippen molar-refractivity contribution in [3.05, 3.63) is 24.0 Å². The summed E-state index contributed by atoms with van der Waals surface area (Å²) in [5, 5.41) is 0. The van der Waals surface area contributed by atoms with Crippen LogP contribution in [-0.4, -0.2) is 10.8 Å². The highest BCUT2D eigenvalue weighted by Gasteiger charge is 2.30. The summed E-state index contributed by atoms with van der Waals surface area (Å²) in [6.45, 7) is 4.49. The highest BCUT2D eigenvalue weighted by Crippen LogP contribution is 2.35. The molecule has 0 amide bonds. The van der Waals surface area contributed by atoms with E-state index < -0.39 is 0 Å². The molecule has 0 radical (unpaired) electrons. The molecule has 1 fully saturated rings. The van der Waals surface area contributed by atoms with Crippen LogP contribution in [0.1, 0.15) is 43.6 Å². The molecule has 0 bridgehead atoms. The molecule has 1 aromatic rings. The molecule has 0 aliphatic heterocycles. The lowest BCUT2D eigenvalue weighted by atomic mass is 9.74. The number of hydrogen-bond acceptors (Lipinski definition) is 3. The molecule has 17 heavy (non-hydrogen) atoms. The Labute approximate surface area is 102 Å². The number of nitrogens with zero attached hydrogens (tertiary/aromatic N) is 1. The quantitative estimate of drug-likeness (QED) is 0.798. The van der Waals surface area contributed by atoms with Crippen molar-refractivity contribution in [2.24, 2.45) is 17.8 Å². The topological polar surface area (TPSA) is 56.0 Å². The van der Waals surface area contributed by atoms with Gasteiger partial charge in [-0.2, -0.15) is 0 Å². The van der Waals surface area contributed by atoms with E-state index >= 15 is 0 Å². The molecule has 1 aromatic heterocycles. The Morgan fingerprint density at radius 2 is 2.12 bits per heavy atom. The van der Waals surface area contributed by atoms with E-state index in [2.05, 4.69) is 18.8 Å². The Bertz CT molecular complexity index is 416. The average molecular weight is 232 g/mol. The van der Waals surface area contributed by atoms with E-state index in [9.17, 15) is 4.79 Å².